The second-order valence-corrected chi connectivity index (χ2v) is 12.0. The first-order valence-electron chi connectivity index (χ1n) is 15.1. The van der Waals surface area contributed by atoms with Gasteiger partial charge in [0.25, 0.3) is 5.56 Å². The minimum atomic E-state index is -0.289. The fourth-order valence-electron chi connectivity index (χ4n) is 4.90. The summed E-state index contributed by atoms with van der Waals surface area (Å²) < 4.78 is 15.3. The highest BCUT2D eigenvalue weighted by molar-refractivity contribution is 7.98. The molecule has 0 spiro atoms. The molecule has 0 saturated heterocycles. The lowest BCUT2D eigenvalue weighted by atomic mass is 10.0. The quantitative estimate of drug-likeness (QED) is 0.101. The molecule has 0 N–H and O–H groups in total. The van der Waals surface area contributed by atoms with E-state index in [4.69, 9.17) is 11.6 Å². The summed E-state index contributed by atoms with van der Waals surface area (Å²) in [4.78, 5) is 34.9. The van der Waals surface area contributed by atoms with E-state index in [-0.39, 0.29) is 23.7 Å². The van der Waals surface area contributed by atoms with Crippen molar-refractivity contribution < 1.29 is 9.18 Å². The predicted molar refractivity (Wildman–Crippen MR) is 179 cm³/mol. The number of aromatic nitrogens is 2. The number of hydrogen-bond acceptors (Lipinski definition) is 5. The minimum absolute atomic E-state index is 0.0465. The summed E-state index contributed by atoms with van der Waals surface area (Å²) in [6.07, 6.45) is 2.66. The van der Waals surface area contributed by atoms with Crippen LogP contribution in [0.15, 0.2) is 88.9 Å². The van der Waals surface area contributed by atoms with Crippen LogP contribution in [0, 0.1) is 5.82 Å². The van der Waals surface area contributed by atoms with Gasteiger partial charge >= 0.3 is 0 Å². The van der Waals surface area contributed by atoms with Gasteiger partial charge in [-0.1, -0.05) is 92.7 Å². The van der Waals surface area contributed by atoms with E-state index in [1.54, 1.807) is 12.1 Å². The lowest BCUT2D eigenvalue weighted by Gasteiger charge is -2.27. The van der Waals surface area contributed by atoms with E-state index in [1.807, 2.05) is 46.9 Å². The molecule has 1 aromatic heterocycles. The Morgan fingerprint density at radius 3 is 2.11 bits per heavy atom. The number of carbonyl (C=O) groups excluding carboxylic acids is 1. The first kappa shape index (κ1) is 33.4. The first-order valence-corrected chi connectivity index (χ1v) is 16.5. The maximum atomic E-state index is 13.7. The third kappa shape index (κ3) is 9.52. The highest BCUT2D eigenvalue weighted by Gasteiger charge is 2.17. The Hall–Kier alpha value is -3.46. The summed E-state index contributed by atoms with van der Waals surface area (Å²) in [7, 11) is 0. The minimum Gasteiger partial charge on any atom is -0.337 e. The van der Waals surface area contributed by atoms with Crippen molar-refractivity contribution in [3.05, 3.63) is 117 Å². The Balaban J connectivity index is 1.49. The van der Waals surface area contributed by atoms with Crippen molar-refractivity contribution in [2.75, 3.05) is 26.2 Å². The largest absolute Gasteiger partial charge is 0.337 e. The number of aryl methyl sites for hydroxylation is 2. The smallest absolute Gasteiger partial charge is 0.276 e. The van der Waals surface area contributed by atoms with Gasteiger partial charge in [0.1, 0.15) is 5.82 Å². The van der Waals surface area contributed by atoms with Gasteiger partial charge in [0, 0.05) is 55.1 Å². The molecule has 4 aromatic rings. The third-order valence-corrected chi connectivity index (χ3v) is 9.01. The van der Waals surface area contributed by atoms with E-state index >= 15 is 0 Å². The molecule has 9 heteroatoms. The van der Waals surface area contributed by atoms with E-state index in [0.717, 1.165) is 41.9 Å². The van der Waals surface area contributed by atoms with Crippen LogP contribution in [0.25, 0.3) is 11.1 Å². The highest BCUT2D eigenvalue weighted by Crippen LogP contribution is 2.23. The molecule has 0 radical (unpaired) electrons. The summed E-state index contributed by atoms with van der Waals surface area (Å²) in [6.45, 7) is 10.4. The zero-order valence-electron chi connectivity index (χ0n) is 25.6. The molecule has 1 heterocycles. The van der Waals surface area contributed by atoms with Crippen LogP contribution in [0.1, 0.15) is 43.9 Å². The number of likely N-dealkylation sites (N-methyl/N-ethyl adjacent to an activating group) is 1. The van der Waals surface area contributed by atoms with Crippen molar-refractivity contribution in [2.24, 2.45) is 0 Å². The second-order valence-electron chi connectivity index (χ2n) is 10.6. The number of amides is 1. The first-order chi connectivity index (χ1) is 21.3. The van der Waals surface area contributed by atoms with Gasteiger partial charge in [0.2, 0.25) is 5.91 Å². The molecule has 0 aliphatic heterocycles. The Morgan fingerprint density at radius 2 is 1.50 bits per heavy atom. The maximum absolute atomic E-state index is 13.7. The van der Waals surface area contributed by atoms with Gasteiger partial charge < -0.3 is 14.4 Å². The topological polar surface area (TPSA) is 58.4 Å². The lowest BCUT2D eigenvalue weighted by molar-refractivity contribution is -0.132. The van der Waals surface area contributed by atoms with Crippen LogP contribution in [-0.2, 0) is 30.1 Å². The molecule has 3 aromatic carbocycles. The van der Waals surface area contributed by atoms with E-state index < -0.39 is 0 Å². The molecular formula is C35H40ClFN4O2S. The van der Waals surface area contributed by atoms with Gasteiger partial charge in [-0.2, -0.15) is 4.98 Å². The summed E-state index contributed by atoms with van der Waals surface area (Å²) >= 11 is 7.47. The number of carbonyl (C=O) groups is 1. The fourth-order valence-corrected chi connectivity index (χ4v) is 5.97. The molecular weight excluding hydrogens is 595 g/mol. The monoisotopic (exact) mass is 634 g/mol. The van der Waals surface area contributed by atoms with Crippen molar-refractivity contribution in [2.45, 2.75) is 57.6 Å². The van der Waals surface area contributed by atoms with Crippen LogP contribution >= 0.6 is 23.4 Å². The molecule has 0 aliphatic carbocycles. The van der Waals surface area contributed by atoms with Crippen molar-refractivity contribution in [3.63, 3.8) is 0 Å². The zero-order valence-corrected chi connectivity index (χ0v) is 27.2. The Bertz CT molecular complexity index is 1560. The maximum Gasteiger partial charge on any atom is 0.276 e. The number of hydrogen-bond donors (Lipinski definition) is 0. The molecule has 232 valence electrons. The van der Waals surface area contributed by atoms with Gasteiger partial charge in [-0.05, 0) is 66.0 Å². The average molecular weight is 635 g/mol. The summed E-state index contributed by atoms with van der Waals surface area (Å²) in [6, 6.07) is 22.4. The number of halogens is 2. The normalized spacial score (nSPS) is 11.2. The number of nitrogens with zero attached hydrogens (tertiary/aromatic N) is 4. The standard InChI is InChI=1S/C35H40ClFN4O2S/c1-4-28-24-41(35(38-34(28)43)44-25-27-9-17-32(37)18-10-27)20-19-33(42)40(22-21-39(5-2)6-3)23-26-7-11-29(12-8-26)30-13-15-31(36)16-14-30/h7-18,24H,4-6,19-23,25H2,1-3H3. The molecule has 6 nitrogen and oxygen atoms in total. The Kier molecular flexibility index (Phi) is 12.6. The van der Waals surface area contributed by atoms with Crippen LogP contribution in [0.4, 0.5) is 4.39 Å². The van der Waals surface area contributed by atoms with Crippen LogP contribution in [-0.4, -0.2) is 51.4 Å². The Labute approximate surface area is 268 Å². The number of benzene rings is 3. The molecule has 0 bridgehead atoms. The van der Waals surface area contributed by atoms with Gasteiger partial charge in [-0.3, -0.25) is 9.59 Å². The van der Waals surface area contributed by atoms with Crippen molar-refractivity contribution in [3.8, 4) is 11.1 Å². The lowest BCUT2D eigenvalue weighted by Crippen LogP contribution is -2.38. The van der Waals surface area contributed by atoms with Gasteiger partial charge in [-0.15, -0.1) is 0 Å². The third-order valence-electron chi connectivity index (χ3n) is 7.70. The Morgan fingerprint density at radius 1 is 0.886 bits per heavy atom. The van der Waals surface area contributed by atoms with Gasteiger partial charge in [0.05, 0.1) is 0 Å². The van der Waals surface area contributed by atoms with Gasteiger partial charge in [0.15, 0.2) is 5.16 Å². The summed E-state index contributed by atoms with van der Waals surface area (Å²) in [5.41, 5.74) is 4.53. The zero-order chi connectivity index (χ0) is 31.5. The van der Waals surface area contributed by atoms with Crippen molar-refractivity contribution in [1.29, 1.82) is 0 Å². The van der Waals surface area contributed by atoms with Crippen LogP contribution in [0.5, 0.6) is 0 Å². The highest BCUT2D eigenvalue weighted by atomic mass is 35.5. The molecule has 4 rings (SSSR count). The molecule has 1 amide bonds. The molecule has 0 saturated carbocycles. The van der Waals surface area contributed by atoms with Crippen molar-refractivity contribution >= 4 is 29.3 Å². The summed E-state index contributed by atoms with van der Waals surface area (Å²) in [5.74, 6) is 0.293. The van der Waals surface area contributed by atoms with Crippen molar-refractivity contribution in [1.82, 2.24) is 19.4 Å². The fraction of sp³-hybridized carbons (Fsp3) is 0.343. The number of rotatable bonds is 15. The number of thioether (sulfide) groups is 1. The molecule has 44 heavy (non-hydrogen) atoms. The summed E-state index contributed by atoms with van der Waals surface area (Å²) in [5, 5.41) is 1.26. The van der Waals surface area contributed by atoms with E-state index in [2.05, 4.69) is 48.0 Å². The predicted octanol–water partition coefficient (Wildman–Crippen LogP) is 7.32. The van der Waals surface area contributed by atoms with Crippen LogP contribution < -0.4 is 5.56 Å². The van der Waals surface area contributed by atoms with Crippen LogP contribution in [0.3, 0.4) is 0 Å². The van der Waals surface area contributed by atoms with E-state index in [1.165, 1.54) is 23.9 Å². The molecule has 0 fully saturated rings. The SMILES string of the molecule is CCc1cn(CCC(=O)N(CCN(CC)CC)Cc2ccc(-c3ccc(Cl)cc3)cc2)c(SCc2ccc(F)cc2)nc1=O. The van der Waals surface area contributed by atoms with Gasteiger partial charge in [-0.25, -0.2) is 4.39 Å². The van der Waals surface area contributed by atoms with E-state index in [9.17, 15) is 14.0 Å². The molecule has 0 unspecified atom stereocenters. The van der Waals surface area contributed by atoms with E-state index in [0.29, 0.717) is 47.6 Å². The second kappa shape index (κ2) is 16.6. The van der Waals surface area contributed by atoms with Crippen LogP contribution in [0.2, 0.25) is 5.02 Å². The average Bonchev–Trinajstić information content (AvgIpc) is 3.04. The molecule has 0 atom stereocenters. The molecule has 0 aliphatic rings.